The van der Waals surface area contributed by atoms with Gasteiger partial charge in [-0.15, -0.1) is 5.10 Å². The third-order valence-corrected chi connectivity index (χ3v) is 6.64. The van der Waals surface area contributed by atoms with Crippen molar-refractivity contribution in [3.05, 3.63) is 70.4 Å². The van der Waals surface area contributed by atoms with E-state index in [4.69, 9.17) is 4.74 Å². The highest BCUT2D eigenvalue weighted by atomic mass is 19.3. The number of ether oxygens (including phenoxy) is 2. The number of carbonyl (C=O) groups is 2. The molecule has 0 aliphatic carbocycles. The van der Waals surface area contributed by atoms with Crippen molar-refractivity contribution in [3.8, 4) is 5.75 Å². The zero-order valence-corrected chi connectivity index (χ0v) is 24.8. The Morgan fingerprint density at radius 2 is 2.02 bits per heavy atom. The summed E-state index contributed by atoms with van der Waals surface area (Å²) in [6, 6.07) is 8.79. The van der Waals surface area contributed by atoms with E-state index < -0.39 is 18.2 Å². The van der Waals surface area contributed by atoms with Gasteiger partial charge in [-0.1, -0.05) is 17.3 Å². The van der Waals surface area contributed by atoms with Crippen LogP contribution in [0.4, 0.5) is 18.9 Å². The third-order valence-electron chi connectivity index (χ3n) is 6.64. The molecule has 1 atom stereocenters. The van der Waals surface area contributed by atoms with E-state index in [1.165, 1.54) is 45.9 Å². The maximum atomic E-state index is 14.7. The standard InChI is InChI=1S/C29H36F3N7O5/c1-28(2)19-37(11-12-43-28)18-25(40)34-22-8-10-38(26(41)14-22)9-7-21(30)16-39-17-24(35-36-39)27(42)33-15-20-5-4-6-23(13-20)44-29(3,31)32/h4-6,8,10,13-14,17,21H,7,9,11-12,15-16,18-19H2,1-3H3,(H,33,42)(H,34,40). The highest BCUT2D eigenvalue weighted by Gasteiger charge is 2.28. The summed E-state index contributed by atoms with van der Waals surface area (Å²) in [5.74, 6) is -0.864. The quantitative estimate of drug-likeness (QED) is 0.299. The first-order chi connectivity index (χ1) is 20.7. The number of rotatable bonds is 13. The number of alkyl halides is 3. The molecule has 2 aromatic heterocycles. The van der Waals surface area contributed by atoms with Crippen molar-refractivity contribution >= 4 is 17.5 Å². The van der Waals surface area contributed by atoms with Crippen molar-refractivity contribution in [2.45, 2.75) is 64.7 Å². The van der Waals surface area contributed by atoms with E-state index in [9.17, 15) is 27.6 Å². The summed E-state index contributed by atoms with van der Waals surface area (Å²) >= 11 is 0. The molecule has 15 heteroatoms. The number of halogens is 3. The van der Waals surface area contributed by atoms with Crippen molar-refractivity contribution in [2.24, 2.45) is 0 Å². The summed E-state index contributed by atoms with van der Waals surface area (Å²) < 4.78 is 53.6. The molecule has 44 heavy (non-hydrogen) atoms. The number of pyridine rings is 1. The zero-order chi connectivity index (χ0) is 31.9. The van der Waals surface area contributed by atoms with Gasteiger partial charge in [-0.2, -0.15) is 8.78 Å². The summed E-state index contributed by atoms with van der Waals surface area (Å²) in [6.07, 6.45) is -1.95. The van der Waals surface area contributed by atoms with Crippen LogP contribution in [0.2, 0.25) is 0 Å². The summed E-state index contributed by atoms with van der Waals surface area (Å²) in [6.45, 7) is 6.46. The van der Waals surface area contributed by atoms with E-state index in [1.54, 1.807) is 12.1 Å². The number of aryl methyl sites for hydroxylation is 1. The molecule has 1 aromatic carbocycles. The third kappa shape index (κ3) is 10.2. The van der Waals surface area contributed by atoms with Crippen LogP contribution in [0.15, 0.2) is 53.6 Å². The number of carbonyl (C=O) groups excluding carboxylic acids is 2. The first-order valence-electron chi connectivity index (χ1n) is 14.1. The lowest BCUT2D eigenvalue weighted by Crippen LogP contribution is -2.50. The molecule has 1 unspecified atom stereocenters. The molecule has 0 saturated carbocycles. The fourth-order valence-corrected chi connectivity index (χ4v) is 4.69. The van der Waals surface area contributed by atoms with Gasteiger partial charge in [-0.3, -0.25) is 19.3 Å². The van der Waals surface area contributed by atoms with Crippen molar-refractivity contribution in [2.75, 3.05) is 31.6 Å². The number of benzene rings is 1. The molecular formula is C29H36F3N7O5. The fourth-order valence-electron chi connectivity index (χ4n) is 4.69. The van der Waals surface area contributed by atoms with Crippen LogP contribution in [0.5, 0.6) is 5.75 Å². The number of hydrogen-bond acceptors (Lipinski definition) is 8. The molecule has 0 spiro atoms. The van der Waals surface area contributed by atoms with E-state index in [0.717, 1.165) is 0 Å². The van der Waals surface area contributed by atoms with Crippen LogP contribution in [0.1, 0.15) is 43.2 Å². The van der Waals surface area contributed by atoms with Crippen molar-refractivity contribution in [1.82, 2.24) is 29.8 Å². The number of amides is 2. The van der Waals surface area contributed by atoms with E-state index in [0.29, 0.717) is 37.9 Å². The molecular weight excluding hydrogens is 583 g/mol. The molecule has 2 N–H and O–H groups in total. The van der Waals surface area contributed by atoms with Gasteiger partial charge in [-0.05, 0) is 44.0 Å². The molecule has 3 heterocycles. The minimum absolute atomic E-state index is 0.00492. The van der Waals surface area contributed by atoms with Crippen LogP contribution in [-0.2, 0) is 29.2 Å². The molecule has 0 radical (unpaired) electrons. The molecule has 1 aliphatic heterocycles. The van der Waals surface area contributed by atoms with Crippen molar-refractivity contribution in [1.29, 1.82) is 0 Å². The Kier molecular flexibility index (Phi) is 10.4. The van der Waals surface area contributed by atoms with Gasteiger partial charge in [0.25, 0.3) is 11.5 Å². The largest absolute Gasteiger partial charge is 0.433 e. The summed E-state index contributed by atoms with van der Waals surface area (Å²) in [4.78, 5) is 39.4. The van der Waals surface area contributed by atoms with Crippen LogP contribution in [0, 0.1) is 0 Å². The van der Waals surface area contributed by atoms with E-state index in [1.807, 2.05) is 18.7 Å². The van der Waals surface area contributed by atoms with Crippen molar-refractivity contribution < 1.29 is 32.2 Å². The maximum Gasteiger partial charge on any atom is 0.394 e. The molecule has 1 fully saturated rings. The van der Waals surface area contributed by atoms with E-state index in [-0.39, 0.29) is 61.1 Å². The number of aromatic nitrogens is 4. The van der Waals surface area contributed by atoms with E-state index in [2.05, 4.69) is 25.7 Å². The average molecular weight is 620 g/mol. The highest BCUT2D eigenvalue weighted by Crippen LogP contribution is 2.22. The molecule has 4 rings (SSSR count). The molecule has 12 nitrogen and oxygen atoms in total. The predicted octanol–water partition coefficient (Wildman–Crippen LogP) is 2.84. The number of morpholine rings is 1. The summed E-state index contributed by atoms with van der Waals surface area (Å²) in [7, 11) is 0. The van der Waals surface area contributed by atoms with E-state index >= 15 is 0 Å². The van der Waals surface area contributed by atoms with Crippen LogP contribution >= 0.6 is 0 Å². The first kappa shape index (κ1) is 32.7. The van der Waals surface area contributed by atoms with Crippen LogP contribution in [-0.4, -0.2) is 80.4 Å². The minimum Gasteiger partial charge on any atom is -0.433 e. The Labute approximate surface area is 252 Å². The lowest BCUT2D eigenvalue weighted by Gasteiger charge is -2.37. The predicted molar refractivity (Wildman–Crippen MR) is 154 cm³/mol. The molecule has 238 valence electrons. The molecule has 2 amide bonds. The number of hydrogen-bond donors (Lipinski definition) is 2. The molecule has 1 aliphatic rings. The SMILES string of the molecule is CC(F)(F)Oc1cccc(CNC(=O)c2cn(CC(F)CCn3ccc(NC(=O)CN4CCOC(C)(C)C4)cc3=O)nn2)c1. The lowest BCUT2D eigenvalue weighted by atomic mass is 10.1. The lowest BCUT2D eigenvalue weighted by molar-refractivity contribution is -0.159. The molecule has 0 bridgehead atoms. The topological polar surface area (TPSA) is 133 Å². The van der Waals surface area contributed by atoms with Crippen LogP contribution < -0.4 is 20.9 Å². The Bertz CT molecular complexity index is 1500. The summed E-state index contributed by atoms with van der Waals surface area (Å²) in [5, 5.41) is 12.9. The van der Waals surface area contributed by atoms with Gasteiger partial charge < -0.3 is 24.7 Å². The first-order valence-corrected chi connectivity index (χ1v) is 14.1. The smallest absolute Gasteiger partial charge is 0.394 e. The van der Waals surface area contributed by atoms with Gasteiger partial charge in [-0.25, -0.2) is 9.07 Å². The van der Waals surface area contributed by atoms with Gasteiger partial charge >= 0.3 is 6.11 Å². The maximum absolute atomic E-state index is 14.7. The fraction of sp³-hybridized carbons (Fsp3) is 0.483. The zero-order valence-electron chi connectivity index (χ0n) is 24.8. The van der Waals surface area contributed by atoms with Gasteiger partial charge in [0, 0.05) is 51.1 Å². The number of nitrogens with one attached hydrogen (secondary N) is 2. The molecule has 1 saturated heterocycles. The normalized spacial score (nSPS) is 15.9. The second-order valence-corrected chi connectivity index (χ2v) is 11.3. The average Bonchev–Trinajstić information content (AvgIpc) is 3.38. The highest BCUT2D eigenvalue weighted by molar-refractivity contribution is 5.92. The minimum atomic E-state index is -3.34. The van der Waals surface area contributed by atoms with Gasteiger partial charge in [0.2, 0.25) is 5.91 Å². The van der Waals surface area contributed by atoms with Crippen LogP contribution in [0.3, 0.4) is 0 Å². The Morgan fingerprint density at radius 1 is 1.23 bits per heavy atom. The van der Waals surface area contributed by atoms with Gasteiger partial charge in [0.05, 0.1) is 31.5 Å². The second kappa shape index (κ2) is 14.0. The second-order valence-electron chi connectivity index (χ2n) is 11.3. The Morgan fingerprint density at radius 3 is 2.75 bits per heavy atom. The Balaban J connectivity index is 1.21. The van der Waals surface area contributed by atoms with Gasteiger partial charge in [0.15, 0.2) is 5.69 Å². The van der Waals surface area contributed by atoms with Crippen LogP contribution in [0.25, 0.3) is 0 Å². The number of anilines is 1. The molecule has 3 aromatic rings. The monoisotopic (exact) mass is 619 g/mol. The van der Waals surface area contributed by atoms with Gasteiger partial charge in [0.1, 0.15) is 11.9 Å². The summed E-state index contributed by atoms with van der Waals surface area (Å²) in [5.41, 5.74) is 0.125. The number of nitrogens with zero attached hydrogens (tertiary/aromatic N) is 5. The Hall–Kier alpha value is -4.24. The van der Waals surface area contributed by atoms with Crippen molar-refractivity contribution in [3.63, 3.8) is 0 Å².